The normalized spacial score (nSPS) is 12.5. The second kappa shape index (κ2) is 4.96. The fraction of sp³-hybridized carbons (Fsp3) is 0.545. The molecule has 0 spiro atoms. The maximum atomic E-state index is 8.87. The summed E-state index contributed by atoms with van der Waals surface area (Å²) in [5.74, 6) is 0. The van der Waals surface area contributed by atoms with Gasteiger partial charge < -0.3 is 15.0 Å². The molecule has 1 aromatic heterocycles. The van der Waals surface area contributed by atoms with Crippen LogP contribution < -0.4 is 5.32 Å². The number of rotatable bonds is 4. The minimum Gasteiger partial charge on any atom is -0.395 e. The maximum absolute atomic E-state index is 8.87. The van der Waals surface area contributed by atoms with Crippen LogP contribution in [0.25, 0.3) is 0 Å². The first kappa shape index (κ1) is 11.8. The van der Waals surface area contributed by atoms with E-state index in [0.29, 0.717) is 12.2 Å². The average molecular weight is 207 g/mol. The largest absolute Gasteiger partial charge is 0.395 e. The third-order valence-corrected chi connectivity index (χ3v) is 2.67. The fourth-order valence-electron chi connectivity index (χ4n) is 1.40. The van der Waals surface area contributed by atoms with Crippen LogP contribution >= 0.6 is 0 Å². The number of nitriles is 1. The highest BCUT2D eigenvalue weighted by molar-refractivity contribution is 5.34. The lowest BCUT2D eigenvalue weighted by Crippen LogP contribution is -2.28. The predicted octanol–water partition coefficient (Wildman–Crippen LogP) is 0.676. The molecular formula is C11H17N3O. The minimum atomic E-state index is 0.0788. The summed E-state index contributed by atoms with van der Waals surface area (Å²) in [5, 5.41) is 20.9. The van der Waals surface area contributed by atoms with Gasteiger partial charge in [-0.15, -0.1) is 0 Å². The molecule has 0 fully saturated rings. The molecule has 1 heterocycles. The van der Waals surface area contributed by atoms with Crippen LogP contribution in [-0.4, -0.2) is 22.3 Å². The molecule has 15 heavy (non-hydrogen) atoms. The summed E-state index contributed by atoms with van der Waals surface area (Å²) in [6.07, 6.45) is 0. The molecule has 0 radical (unpaired) electrons. The quantitative estimate of drug-likeness (QED) is 0.763. The molecule has 2 N–H and O–H groups in total. The van der Waals surface area contributed by atoms with Gasteiger partial charge in [0.1, 0.15) is 11.8 Å². The Morgan fingerprint density at radius 3 is 2.80 bits per heavy atom. The number of aliphatic hydroxyl groups excluding tert-OH is 1. The van der Waals surface area contributed by atoms with Crippen LogP contribution in [0.5, 0.6) is 0 Å². The molecular weight excluding hydrogens is 190 g/mol. The van der Waals surface area contributed by atoms with Crippen molar-refractivity contribution in [3.63, 3.8) is 0 Å². The van der Waals surface area contributed by atoms with Crippen molar-refractivity contribution in [3.8, 4) is 6.07 Å². The van der Waals surface area contributed by atoms with E-state index < -0.39 is 0 Å². The Labute approximate surface area is 90.1 Å². The van der Waals surface area contributed by atoms with E-state index in [-0.39, 0.29) is 12.6 Å². The van der Waals surface area contributed by atoms with E-state index in [9.17, 15) is 0 Å². The van der Waals surface area contributed by atoms with E-state index in [1.807, 2.05) is 31.5 Å². The summed E-state index contributed by atoms with van der Waals surface area (Å²) in [7, 11) is 1.88. The van der Waals surface area contributed by atoms with Gasteiger partial charge in [0.05, 0.1) is 6.61 Å². The lowest BCUT2D eigenvalue weighted by atomic mass is 10.2. The van der Waals surface area contributed by atoms with Gasteiger partial charge in [0.2, 0.25) is 0 Å². The number of nitrogens with one attached hydrogen (secondary N) is 1. The molecule has 1 atom stereocenters. The summed E-state index contributed by atoms with van der Waals surface area (Å²) in [6.45, 7) is 4.71. The summed E-state index contributed by atoms with van der Waals surface area (Å²) >= 11 is 0. The summed E-state index contributed by atoms with van der Waals surface area (Å²) < 4.78 is 1.88. The first-order valence-corrected chi connectivity index (χ1v) is 4.99. The monoisotopic (exact) mass is 207 g/mol. The second-order valence-corrected chi connectivity index (χ2v) is 3.78. The number of nitrogens with zero attached hydrogens (tertiary/aromatic N) is 2. The molecule has 4 nitrogen and oxygen atoms in total. The van der Waals surface area contributed by atoms with Gasteiger partial charge in [-0.2, -0.15) is 5.26 Å². The highest BCUT2D eigenvalue weighted by Gasteiger charge is 2.08. The summed E-state index contributed by atoms with van der Waals surface area (Å²) in [4.78, 5) is 0. The van der Waals surface area contributed by atoms with Gasteiger partial charge in [-0.3, -0.25) is 0 Å². The average Bonchev–Trinajstić information content (AvgIpc) is 2.52. The Balaban J connectivity index is 2.75. The lowest BCUT2D eigenvalue weighted by molar-refractivity contribution is 0.251. The van der Waals surface area contributed by atoms with Gasteiger partial charge in [-0.25, -0.2) is 0 Å². The molecule has 0 unspecified atom stereocenters. The van der Waals surface area contributed by atoms with Gasteiger partial charge in [0.25, 0.3) is 0 Å². The van der Waals surface area contributed by atoms with E-state index in [1.54, 1.807) is 0 Å². The van der Waals surface area contributed by atoms with Crippen molar-refractivity contribution in [2.75, 3.05) is 6.61 Å². The first-order chi connectivity index (χ1) is 7.10. The van der Waals surface area contributed by atoms with E-state index in [4.69, 9.17) is 10.4 Å². The molecule has 82 valence electrons. The molecule has 0 aliphatic rings. The van der Waals surface area contributed by atoms with Crippen LogP contribution in [0.1, 0.15) is 23.9 Å². The molecule has 4 heteroatoms. The molecule has 1 rings (SSSR count). The van der Waals surface area contributed by atoms with Crippen LogP contribution in [0.15, 0.2) is 6.07 Å². The standard InChI is InChI=1S/C11H17N3O/c1-8(7-15)13-6-10-4-11(5-12)14(3)9(10)2/h4,8,13,15H,6-7H2,1-3H3/t8-/m1/s1. The Hall–Kier alpha value is -1.31. The number of hydrogen-bond acceptors (Lipinski definition) is 3. The summed E-state index contributed by atoms with van der Waals surface area (Å²) in [5.41, 5.74) is 2.86. The Morgan fingerprint density at radius 1 is 1.67 bits per heavy atom. The van der Waals surface area contributed by atoms with Crippen molar-refractivity contribution < 1.29 is 5.11 Å². The number of hydrogen-bond donors (Lipinski definition) is 2. The molecule has 0 aliphatic carbocycles. The maximum Gasteiger partial charge on any atom is 0.120 e. The highest BCUT2D eigenvalue weighted by atomic mass is 16.3. The van der Waals surface area contributed by atoms with Crippen molar-refractivity contribution in [1.29, 1.82) is 5.26 Å². The topological polar surface area (TPSA) is 61.0 Å². The van der Waals surface area contributed by atoms with Crippen molar-refractivity contribution in [2.24, 2.45) is 7.05 Å². The Kier molecular flexibility index (Phi) is 3.89. The van der Waals surface area contributed by atoms with Gasteiger partial charge >= 0.3 is 0 Å². The van der Waals surface area contributed by atoms with Gasteiger partial charge in [-0.05, 0) is 25.5 Å². The van der Waals surface area contributed by atoms with E-state index >= 15 is 0 Å². The SMILES string of the molecule is Cc1c(CN[C@H](C)CO)cc(C#N)n1C. The highest BCUT2D eigenvalue weighted by Crippen LogP contribution is 2.13. The molecule has 0 saturated heterocycles. The molecule has 0 bridgehead atoms. The van der Waals surface area contributed by atoms with Crippen molar-refractivity contribution in [2.45, 2.75) is 26.4 Å². The van der Waals surface area contributed by atoms with Gasteiger partial charge in [0, 0.05) is 25.3 Å². The van der Waals surface area contributed by atoms with Crippen LogP contribution in [0.3, 0.4) is 0 Å². The van der Waals surface area contributed by atoms with Crippen molar-refractivity contribution >= 4 is 0 Å². The van der Waals surface area contributed by atoms with Crippen LogP contribution in [0, 0.1) is 18.3 Å². The van der Waals surface area contributed by atoms with E-state index in [1.165, 1.54) is 0 Å². The zero-order valence-electron chi connectivity index (χ0n) is 9.41. The zero-order valence-corrected chi connectivity index (χ0v) is 9.41. The minimum absolute atomic E-state index is 0.0788. The van der Waals surface area contributed by atoms with Crippen LogP contribution in [0.4, 0.5) is 0 Å². The van der Waals surface area contributed by atoms with Crippen LogP contribution in [-0.2, 0) is 13.6 Å². The lowest BCUT2D eigenvalue weighted by Gasteiger charge is -2.10. The second-order valence-electron chi connectivity index (χ2n) is 3.78. The Bertz CT molecular complexity index is 376. The third kappa shape index (κ3) is 2.58. The third-order valence-electron chi connectivity index (χ3n) is 2.67. The Morgan fingerprint density at radius 2 is 2.33 bits per heavy atom. The fourth-order valence-corrected chi connectivity index (χ4v) is 1.40. The first-order valence-electron chi connectivity index (χ1n) is 4.99. The molecule has 0 aromatic carbocycles. The smallest absolute Gasteiger partial charge is 0.120 e. The number of aromatic nitrogens is 1. The molecule has 1 aromatic rings. The zero-order chi connectivity index (χ0) is 11.4. The summed E-state index contributed by atoms with van der Waals surface area (Å²) in [6, 6.07) is 4.10. The predicted molar refractivity (Wildman–Crippen MR) is 58.3 cm³/mol. The van der Waals surface area contributed by atoms with E-state index in [2.05, 4.69) is 11.4 Å². The van der Waals surface area contributed by atoms with Crippen LogP contribution in [0.2, 0.25) is 0 Å². The van der Waals surface area contributed by atoms with Gasteiger partial charge in [0.15, 0.2) is 0 Å². The molecule has 0 aliphatic heterocycles. The van der Waals surface area contributed by atoms with Crippen molar-refractivity contribution in [3.05, 3.63) is 23.0 Å². The van der Waals surface area contributed by atoms with Crippen molar-refractivity contribution in [1.82, 2.24) is 9.88 Å². The number of aliphatic hydroxyl groups is 1. The molecule has 0 saturated carbocycles. The molecule has 0 amide bonds. The van der Waals surface area contributed by atoms with Gasteiger partial charge in [-0.1, -0.05) is 0 Å². The van der Waals surface area contributed by atoms with E-state index in [0.717, 1.165) is 11.3 Å².